The summed E-state index contributed by atoms with van der Waals surface area (Å²) >= 11 is 3.28. The van der Waals surface area contributed by atoms with Crippen molar-refractivity contribution < 1.29 is 27.4 Å². The minimum absolute atomic E-state index is 0.0185. The van der Waals surface area contributed by atoms with Crippen LogP contribution in [0.1, 0.15) is 25.3 Å². The monoisotopic (exact) mass is 532 g/mol. The molecular weight excluding hydrogens is 504 g/mol. The van der Waals surface area contributed by atoms with Crippen molar-refractivity contribution in [3.63, 3.8) is 0 Å². The molecule has 1 aliphatic rings. The molecule has 1 N–H and O–H groups in total. The van der Waals surface area contributed by atoms with Crippen molar-refractivity contribution in [2.45, 2.75) is 37.8 Å². The van der Waals surface area contributed by atoms with E-state index in [0.717, 1.165) is 39.2 Å². The number of ether oxygens (including phenoxy) is 1. The first-order chi connectivity index (χ1) is 16.7. The fourth-order valence-corrected chi connectivity index (χ4v) is 6.96. The average molecular weight is 533 g/mol. The molecule has 0 saturated heterocycles. The topological polar surface area (TPSA) is 93.8 Å². The SMILES string of the molecule is CCC(/C=C1\Sc2ccc(OC)cc2N1CC(O)CS(=O)(=O)[O-])=C\c1sc2ccccc2[n+]1CC. The van der Waals surface area contributed by atoms with Crippen LogP contribution in [0.4, 0.5) is 5.69 Å². The van der Waals surface area contributed by atoms with Crippen molar-refractivity contribution in [2.75, 3.05) is 24.3 Å². The largest absolute Gasteiger partial charge is 0.748 e. The standard InChI is InChI=1S/C25H28N2O5S3/c1-4-17(12-24-26(5-2)20-8-6-7-9-22(20)33-24)13-25-27(15-18(28)16-35(29,30)31)21-14-19(32-3)10-11-23(21)34-25/h6-14,18,28H,4-5,15-16H2,1-3H3. The summed E-state index contributed by atoms with van der Waals surface area (Å²) in [6, 6.07) is 14.0. The van der Waals surface area contributed by atoms with E-state index in [0.29, 0.717) is 5.75 Å². The van der Waals surface area contributed by atoms with E-state index in [-0.39, 0.29) is 6.54 Å². The fourth-order valence-electron chi connectivity index (χ4n) is 4.05. The molecule has 4 rings (SSSR count). The number of methoxy groups -OCH3 is 1. The van der Waals surface area contributed by atoms with Crippen molar-refractivity contribution >= 4 is 55.2 Å². The Labute approximate surface area is 214 Å². The number of anilines is 1. The van der Waals surface area contributed by atoms with Crippen LogP contribution in [0.25, 0.3) is 16.3 Å². The zero-order valence-electron chi connectivity index (χ0n) is 19.8. The molecule has 0 amide bonds. The highest BCUT2D eigenvalue weighted by Crippen LogP contribution is 2.48. The Bertz CT molecular complexity index is 1400. The molecule has 10 heteroatoms. The number of aryl methyl sites for hydroxylation is 1. The average Bonchev–Trinajstić information content (AvgIpc) is 3.33. The number of benzene rings is 2. The van der Waals surface area contributed by atoms with Gasteiger partial charge in [0.2, 0.25) is 5.52 Å². The first-order valence-corrected chi connectivity index (χ1v) is 14.5. The summed E-state index contributed by atoms with van der Waals surface area (Å²) in [4.78, 5) is 2.83. The number of aliphatic hydroxyl groups excluding tert-OH is 1. The number of nitrogens with zero attached hydrogens (tertiary/aromatic N) is 2. The zero-order chi connectivity index (χ0) is 25.2. The predicted molar refractivity (Wildman–Crippen MR) is 141 cm³/mol. The second-order valence-electron chi connectivity index (χ2n) is 8.13. The third-order valence-electron chi connectivity index (χ3n) is 5.71. The van der Waals surface area contributed by atoms with E-state index in [2.05, 4.69) is 42.7 Å². The van der Waals surface area contributed by atoms with E-state index in [1.165, 1.54) is 10.2 Å². The molecule has 2 aromatic carbocycles. The number of thiazole rings is 1. The first kappa shape index (κ1) is 25.7. The van der Waals surface area contributed by atoms with Gasteiger partial charge in [-0.05, 0) is 43.2 Å². The second kappa shape index (κ2) is 10.7. The molecule has 1 unspecified atom stereocenters. The van der Waals surface area contributed by atoms with Gasteiger partial charge in [0.15, 0.2) is 0 Å². The van der Waals surface area contributed by atoms with Gasteiger partial charge in [-0.25, -0.2) is 8.42 Å². The Hall–Kier alpha value is -2.37. The first-order valence-electron chi connectivity index (χ1n) is 11.3. The summed E-state index contributed by atoms with van der Waals surface area (Å²) in [6.07, 6.45) is 3.71. The van der Waals surface area contributed by atoms with Gasteiger partial charge in [-0.2, -0.15) is 4.57 Å². The molecule has 0 saturated carbocycles. The van der Waals surface area contributed by atoms with Crippen LogP contribution in [0.5, 0.6) is 5.75 Å². The van der Waals surface area contributed by atoms with Gasteiger partial charge in [-0.1, -0.05) is 42.2 Å². The molecule has 0 aliphatic carbocycles. The van der Waals surface area contributed by atoms with Crippen LogP contribution in [0.3, 0.4) is 0 Å². The lowest BCUT2D eigenvalue weighted by Gasteiger charge is -2.25. The molecule has 1 aromatic heterocycles. The molecule has 7 nitrogen and oxygen atoms in total. The van der Waals surface area contributed by atoms with Gasteiger partial charge in [-0.15, -0.1) is 0 Å². The van der Waals surface area contributed by atoms with Crippen LogP contribution in [0.15, 0.2) is 64.0 Å². The maximum atomic E-state index is 11.2. The minimum Gasteiger partial charge on any atom is -0.748 e. The summed E-state index contributed by atoms with van der Waals surface area (Å²) in [6.45, 7) is 5.05. The third-order valence-corrected chi connectivity index (χ3v) is 8.72. The molecule has 186 valence electrons. The molecule has 0 fully saturated rings. The molecule has 1 aliphatic heterocycles. The van der Waals surface area contributed by atoms with Gasteiger partial charge in [0.1, 0.15) is 17.0 Å². The van der Waals surface area contributed by atoms with Crippen molar-refractivity contribution in [1.29, 1.82) is 0 Å². The number of hydrogen-bond donors (Lipinski definition) is 1. The molecule has 3 aromatic rings. The van der Waals surface area contributed by atoms with Crippen LogP contribution in [-0.4, -0.2) is 43.6 Å². The smallest absolute Gasteiger partial charge is 0.263 e. The van der Waals surface area contributed by atoms with E-state index in [4.69, 9.17) is 4.74 Å². The summed E-state index contributed by atoms with van der Waals surface area (Å²) < 4.78 is 42.5. The van der Waals surface area contributed by atoms with Gasteiger partial charge >= 0.3 is 0 Å². The number of fused-ring (bicyclic) bond motifs is 2. The van der Waals surface area contributed by atoms with Crippen LogP contribution in [0, 0.1) is 0 Å². The van der Waals surface area contributed by atoms with Crippen molar-refractivity contribution in [3.05, 3.63) is 64.2 Å². The Morgan fingerprint density at radius 2 is 2.03 bits per heavy atom. The zero-order valence-corrected chi connectivity index (χ0v) is 22.3. The molecule has 1 atom stereocenters. The van der Waals surface area contributed by atoms with Gasteiger partial charge in [0.25, 0.3) is 5.01 Å². The number of aliphatic hydroxyl groups is 1. The number of aromatic nitrogens is 1. The Morgan fingerprint density at radius 3 is 2.71 bits per heavy atom. The van der Waals surface area contributed by atoms with E-state index in [9.17, 15) is 18.1 Å². The molecule has 35 heavy (non-hydrogen) atoms. The number of rotatable bonds is 9. The highest BCUT2D eigenvalue weighted by atomic mass is 32.2. The lowest BCUT2D eigenvalue weighted by atomic mass is 10.2. The number of allylic oxidation sites excluding steroid dienone is 2. The van der Waals surface area contributed by atoms with Gasteiger partial charge in [0.05, 0.1) is 46.3 Å². The van der Waals surface area contributed by atoms with Crippen molar-refractivity contribution in [2.24, 2.45) is 0 Å². The van der Waals surface area contributed by atoms with Gasteiger partial charge in [0, 0.05) is 23.1 Å². The molecule has 0 radical (unpaired) electrons. The van der Waals surface area contributed by atoms with Crippen LogP contribution in [-0.2, 0) is 16.7 Å². The molecule has 0 bridgehead atoms. The summed E-state index contributed by atoms with van der Waals surface area (Å²) in [7, 11) is -2.97. The Kier molecular flexibility index (Phi) is 7.87. The lowest BCUT2D eigenvalue weighted by molar-refractivity contribution is -0.665. The second-order valence-corrected chi connectivity index (χ2v) is 11.7. The van der Waals surface area contributed by atoms with Crippen LogP contribution >= 0.6 is 23.1 Å². The Balaban J connectivity index is 1.73. The number of hydrogen-bond acceptors (Lipinski definition) is 8. The van der Waals surface area contributed by atoms with Gasteiger partial charge < -0.3 is 19.3 Å². The minimum atomic E-state index is -4.55. The van der Waals surface area contributed by atoms with Crippen LogP contribution < -0.4 is 14.2 Å². The van der Waals surface area contributed by atoms with Gasteiger partial charge in [-0.3, -0.25) is 0 Å². The number of thioether (sulfide) groups is 1. The maximum absolute atomic E-state index is 11.2. The lowest BCUT2D eigenvalue weighted by Crippen LogP contribution is -2.34. The summed E-state index contributed by atoms with van der Waals surface area (Å²) in [5, 5.41) is 12.4. The number of para-hydroxylation sites is 1. The highest BCUT2D eigenvalue weighted by molar-refractivity contribution is 8.03. The molecular formula is C25H28N2O5S3. The normalized spacial score (nSPS) is 16.2. The van der Waals surface area contributed by atoms with Crippen molar-refractivity contribution in [1.82, 2.24) is 0 Å². The molecule has 0 spiro atoms. The Morgan fingerprint density at radius 1 is 1.26 bits per heavy atom. The fraction of sp³-hybridized carbons (Fsp3) is 0.320. The quantitative estimate of drug-likeness (QED) is 0.323. The summed E-state index contributed by atoms with van der Waals surface area (Å²) in [5.41, 5.74) is 3.11. The highest BCUT2D eigenvalue weighted by Gasteiger charge is 2.28. The van der Waals surface area contributed by atoms with Crippen LogP contribution in [0.2, 0.25) is 0 Å². The van der Waals surface area contributed by atoms with Crippen molar-refractivity contribution in [3.8, 4) is 5.75 Å². The number of β-amino-alcohol motifs (C(OH)–C–C–N with tert-alkyl or cyclic N) is 1. The van der Waals surface area contributed by atoms with E-state index >= 15 is 0 Å². The maximum Gasteiger partial charge on any atom is 0.263 e. The summed E-state index contributed by atoms with van der Waals surface area (Å²) in [5.74, 6) is -0.183. The third kappa shape index (κ3) is 5.90. The van der Waals surface area contributed by atoms with E-state index < -0.39 is 22.0 Å². The van der Waals surface area contributed by atoms with E-state index in [1.807, 2.05) is 35.2 Å². The molecule has 2 heterocycles. The van der Waals surface area contributed by atoms with E-state index in [1.54, 1.807) is 30.2 Å². The predicted octanol–water partition coefficient (Wildman–Crippen LogP) is 4.37.